The second kappa shape index (κ2) is 14.5. The first-order valence-electron chi connectivity index (χ1n) is 13.2. The maximum atomic E-state index is 13.7. The lowest BCUT2D eigenvalue weighted by molar-refractivity contribution is -0.131. The van der Waals surface area contributed by atoms with E-state index in [2.05, 4.69) is 29.6 Å². The van der Waals surface area contributed by atoms with Gasteiger partial charge in [0.2, 0.25) is 0 Å². The lowest BCUT2D eigenvalue weighted by atomic mass is 9.84. The van der Waals surface area contributed by atoms with Crippen LogP contribution in [0.15, 0.2) is 128 Å². The molecule has 0 saturated carbocycles. The number of carbonyl (C=O) groups is 2. The number of carboxylic acid groups (broad SMARTS) is 1. The number of hydrogen-bond donors (Lipinski definition) is 2. The summed E-state index contributed by atoms with van der Waals surface area (Å²) in [6.45, 7) is 0.638. The van der Waals surface area contributed by atoms with Crippen molar-refractivity contribution < 1.29 is 19.4 Å². The zero-order chi connectivity index (χ0) is 27.3. The second-order valence-corrected chi connectivity index (χ2v) is 9.32. The van der Waals surface area contributed by atoms with Gasteiger partial charge in [-0.1, -0.05) is 109 Å². The molecule has 0 aliphatic rings. The van der Waals surface area contributed by atoms with Crippen LogP contribution in [-0.4, -0.2) is 29.4 Å². The molecule has 0 spiro atoms. The van der Waals surface area contributed by atoms with Crippen LogP contribution in [0.3, 0.4) is 0 Å². The Morgan fingerprint density at radius 1 is 0.769 bits per heavy atom. The Morgan fingerprint density at radius 3 is 1.95 bits per heavy atom. The molecule has 0 saturated heterocycles. The summed E-state index contributed by atoms with van der Waals surface area (Å²) in [6, 6.07) is 37.3. The fourth-order valence-corrected chi connectivity index (χ4v) is 4.70. The Labute approximate surface area is 229 Å². The predicted molar refractivity (Wildman–Crippen MR) is 154 cm³/mol. The number of ketones is 1. The number of para-hydroxylation sites is 1. The van der Waals surface area contributed by atoms with E-state index in [-0.39, 0.29) is 17.7 Å². The monoisotopic (exact) mass is 519 g/mol. The Hall–Kier alpha value is -4.48. The number of aliphatic carboxylic acids is 1. The third-order valence-electron chi connectivity index (χ3n) is 6.64. The number of nitrogens with one attached hydrogen (secondary N) is 1. The summed E-state index contributed by atoms with van der Waals surface area (Å²) < 4.78 is 5.54. The molecule has 0 bridgehead atoms. The van der Waals surface area contributed by atoms with E-state index in [0.717, 1.165) is 24.5 Å². The summed E-state index contributed by atoms with van der Waals surface area (Å²) in [5.74, 6) is -0.294. The van der Waals surface area contributed by atoms with Crippen LogP contribution >= 0.6 is 0 Å². The summed E-state index contributed by atoms with van der Waals surface area (Å²) >= 11 is 0. The van der Waals surface area contributed by atoms with E-state index < -0.39 is 5.97 Å². The number of rotatable bonds is 14. The van der Waals surface area contributed by atoms with Gasteiger partial charge in [-0.05, 0) is 48.6 Å². The van der Waals surface area contributed by atoms with Crippen molar-refractivity contribution in [1.29, 1.82) is 0 Å². The van der Waals surface area contributed by atoms with Gasteiger partial charge in [0.25, 0.3) is 0 Å². The molecule has 0 amide bonds. The van der Waals surface area contributed by atoms with Gasteiger partial charge in [-0.25, -0.2) is 4.79 Å². The Morgan fingerprint density at radius 2 is 1.33 bits per heavy atom. The first-order valence-corrected chi connectivity index (χ1v) is 13.2. The van der Waals surface area contributed by atoms with Gasteiger partial charge in [-0.2, -0.15) is 0 Å². The Bertz CT molecular complexity index is 1310. The molecule has 5 heteroatoms. The van der Waals surface area contributed by atoms with E-state index in [0.29, 0.717) is 24.3 Å². The van der Waals surface area contributed by atoms with E-state index in [1.54, 1.807) is 0 Å². The summed E-state index contributed by atoms with van der Waals surface area (Å²) in [4.78, 5) is 24.5. The van der Waals surface area contributed by atoms with Gasteiger partial charge in [-0.15, -0.1) is 0 Å². The molecule has 0 aromatic heterocycles. The molecule has 198 valence electrons. The molecule has 0 fully saturated rings. The first kappa shape index (κ1) is 27.6. The van der Waals surface area contributed by atoms with Gasteiger partial charge in [0.05, 0.1) is 18.4 Å². The zero-order valence-electron chi connectivity index (χ0n) is 21.8. The van der Waals surface area contributed by atoms with Crippen LogP contribution in [0, 0.1) is 0 Å². The van der Waals surface area contributed by atoms with Crippen LogP contribution in [0.1, 0.15) is 45.8 Å². The van der Waals surface area contributed by atoms with Crippen LogP contribution < -0.4 is 10.1 Å². The quantitative estimate of drug-likeness (QED) is 0.0843. The third-order valence-corrected chi connectivity index (χ3v) is 6.64. The van der Waals surface area contributed by atoms with Crippen molar-refractivity contribution in [3.63, 3.8) is 0 Å². The van der Waals surface area contributed by atoms with E-state index in [1.165, 1.54) is 17.4 Å². The van der Waals surface area contributed by atoms with Crippen molar-refractivity contribution >= 4 is 11.8 Å². The van der Waals surface area contributed by atoms with Crippen LogP contribution in [0.5, 0.6) is 5.75 Å². The van der Waals surface area contributed by atoms with Crippen molar-refractivity contribution in [3.05, 3.63) is 150 Å². The molecule has 1 atom stereocenters. The summed E-state index contributed by atoms with van der Waals surface area (Å²) in [6.07, 6.45) is 4.27. The third kappa shape index (κ3) is 8.25. The van der Waals surface area contributed by atoms with Crippen molar-refractivity contribution in [2.24, 2.45) is 0 Å². The lowest BCUT2D eigenvalue weighted by Crippen LogP contribution is -2.39. The topological polar surface area (TPSA) is 75.6 Å². The number of hydrogen-bond acceptors (Lipinski definition) is 4. The van der Waals surface area contributed by atoms with Crippen LogP contribution in [0.25, 0.3) is 0 Å². The summed E-state index contributed by atoms with van der Waals surface area (Å²) in [5.41, 5.74) is 4.03. The zero-order valence-corrected chi connectivity index (χ0v) is 21.8. The normalized spacial score (nSPS) is 11.9. The molecule has 0 heterocycles. The average molecular weight is 520 g/mol. The minimum Gasteiger partial charge on any atom is -0.478 e. The van der Waals surface area contributed by atoms with E-state index in [1.807, 2.05) is 91.0 Å². The summed E-state index contributed by atoms with van der Waals surface area (Å²) in [5, 5.41) is 12.4. The Balaban J connectivity index is 1.49. The molecule has 5 nitrogen and oxygen atoms in total. The molecule has 4 rings (SSSR count). The molecule has 0 radical (unpaired) electrons. The highest BCUT2D eigenvalue weighted by Gasteiger charge is 2.25. The van der Waals surface area contributed by atoms with E-state index >= 15 is 0 Å². The van der Waals surface area contributed by atoms with Gasteiger partial charge >= 0.3 is 5.97 Å². The molecule has 0 aliphatic heterocycles. The molecular formula is C34H33NO4. The molecular weight excluding hydrogens is 486 g/mol. The number of benzene rings is 4. The molecule has 4 aromatic carbocycles. The van der Waals surface area contributed by atoms with Gasteiger partial charge in [0.15, 0.2) is 5.78 Å². The minimum absolute atomic E-state index is 0.0627. The van der Waals surface area contributed by atoms with Gasteiger partial charge in [0.1, 0.15) is 5.75 Å². The average Bonchev–Trinajstić information content (AvgIpc) is 2.98. The van der Waals surface area contributed by atoms with Crippen molar-refractivity contribution in [2.75, 3.05) is 6.54 Å². The molecule has 2 N–H and O–H groups in total. The highest BCUT2D eigenvalue weighted by atomic mass is 16.5. The standard InChI is InChI=1S/C34H33NO4/c36-33(37)22-24-39-32-21-11-10-17-28(32)20-12-23-35-31(34(38)29-18-8-3-9-19-29)25-30(26-13-4-1-5-14-26)27-15-6-2-7-16-27/h1-11,13-19,21-22,24,30-31,35H,12,20,23,25H2,(H,36,37)/b24-22+. The van der Waals surface area contributed by atoms with Crippen molar-refractivity contribution in [2.45, 2.75) is 31.2 Å². The molecule has 0 aliphatic carbocycles. The largest absolute Gasteiger partial charge is 0.478 e. The van der Waals surface area contributed by atoms with Crippen LogP contribution in [0.4, 0.5) is 0 Å². The number of aryl methyl sites for hydroxylation is 1. The summed E-state index contributed by atoms with van der Waals surface area (Å²) in [7, 11) is 0. The van der Waals surface area contributed by atoms with E-state index in [9.17, 15) is 9.59 Å². The smallest absolute Gasteiger partial charge is 0.331 e. The molecule has 39 heavy (non-hydrogen) atoms. The maximum Gasteiger partial charge on any atom is 0.331 e. The highest BCUT2D eigenvalue weighted by molar-refractivity contribution is 6.00. The predicted octanol–water partition coefficient (Wildman–Crippen LogP) is 6.66. The lowest BCUT2D eigenvalue weighted by Gasteiger charge is -2.25. The van der Waals surface area contributed by atoms with Crippen molar-refractivity contribution in [3.8, 4) is 5.75 Å². The number of ether oxygens (including phenoxy) is 1. The SMILES string of the molecule is O=C(O)/C=C/Oc1ccccc1CCCNC(CC(c1ccccc1)c1ccccc1)C(=O)c1ccccc1. The molecule has 4 aromatic rings. The number of carboxylic acids is 1. The van der Waals surface area contributed by atoms with Crippen LogP contribution in [-0.2, 0) is 11.2 Å². The van der Waals surface area contributed by atoms with Crippen molar-refractivity contribution in [1.82, 2.24) is 5.32 Å². The maximum absolute atomic E-state index is 13.7. The number of carbonyl (C=O) groups excluding carboxylic acids is 1. The fraction of sp³-hybridized carbons (Fsp3) is 0.176. The fourth-order valence-electron chi connectivity index (χ4n) is 4.70. The van der Waals surface area contributed by atoms with Gasteiger partial charge in [0, 0.05) is 11.5 Å². The van der Waals surface area contributed by atoms with Gasteiger partial charge in [-0.3, -0.25) is 4.79 Å². The van der Waals surface area contributed by atoms with Crippen LogP contribution in [0.2, 0.25) is 0 Å². The highest BCUT2D eigenvalue weighted by Crippen LogP contribution is 2.30. The Kier molecular flexibility index (Phi) is 10.2. The number of Topliss-reactive ketones (excluding diaryl/α,β-unsaturated/α-hetero) is 1. The van der Waals surface area contributed by atoms with E-state index in [4.69, 9.17) is 9.84 Å². The second-order valence-electron chi connectivity index (χ2n) is 9.32. The van der Waals surface area contributed by atoms with Gasteiger partial charge < -0.3 is 15.2 Å². The molecule has 1 unspecified atom stereocenters. The first-order chi connectivity index (χ1) is 19.1. The minimum atomic E-state index is -1.06.